The van der Waals surface area contributed by atoms with Gasteiger partial charge in [-0.15, -0.1) is 0 Å². The van der Waals surface area contributed by atoms with E-state index in [1.165, 1.54) is 6.92 Å². The van der Waals surface area contributed by atoms with E-state index in [0.29, 0.717) is 5.57 Å². The summed E-state index contributed by atoms with van der Waals surface area (Å²) in [6, 6.07) is 0. The first kappa shape index (κ1) is 14.4. The van der Waals surface area contributed by atoms with E-state index in [0.717, 1.165) is 13.0 Å². The van der Waals surface area contributed by atoms with Crippen LogP contribution in [0.3, 0.4) is 0 Å². The van der Waals surface area contributed by atoms with Gasteiger partial charge in [-0.05, 0) is 20.3 Å². The summed E-state index contributed by atoms with van der Waals surface area (Å²) in [6.07, 6.45) is 2.72. The fourth-order valence-electron chi connectivity index (χ4n) is 0.600. The average molecular weight is 228 g/mol. The lowest BCUT2D eigenvalue weighted by Crippen LogP contribution is -1.96. The van der Waals surface area contributed by atoms with Gasteiger partial charge in [0, 0.05) is 11.1 Å². The summed E-state index contributed by atoms with van der Waals surface area (Å²) in [6.45, 7) is 6.97. The first-order chi connectivity index (χ1) is 7.34. The number of hydrogen-bond donors (Lipinski definition) is 2. The van der Waals surface area contributed by atoms with E-state index >= 15 is 0 Å². The van der Waals surface area contributed by atoms with Gasteiger partial charge in [0.25, 0.3) is 0 Å². The molecule has 0 aromatic carbocycles. The molecular formula is C11H16O5. The number of carbonyl (C=O) groups is 2. The monoisotopic (exact) mass is 228 g/mol. The molecule has 0 aromatic heterocycles. The molecule has 16 heavy (non-hydrogen) atoms. The van der Waals surface area contributed by atoms with Gasteiger partial charge in [0.1, 0.15) is 0 Å². The number of ether oxygens (including phenoxy) is 1. The van der Waals surface area contributed by atoms with Crippen LogP contribution >= 0.6 is 0 Å². The Labute approximate surface area is 94.0 Å². The number of rotatable bonds is 4. The van der Waals surface area contributed by atoms with Gasteiger partial charge in [-0.3, -0.25) is 0 Å². The third-order valence-electron chi connectivity index (χ3n) is 1.79. The van der Waals surface area contributed by atoms with Crippen LogP contribution in [-0.4, -0.2) is 34.9 Å². The molecule has 0 aromatic rings. The van der Waals surface area contributed by atoms with Crippen LogP contribution in [0.1, 0.15) is 20.3 Å². The molecule has 5 nitrogen and oxygen atoms in total. The molecule has 0 spiro atoms. The maximum atomic E-state index is 10.2. The second-order valence-electron chi connectivity index (χ2n) is 3.47. The van der Waals surface area contributed by atoms with Crippen LogP contribution in [0, 0.1) is 0 Å². The molecular weight excluding hydrogens is 212 g/mol. The molecule has 1 aliphatic rings. The molecule has 1 fully saturated rings. The Kier molecular flexibility index (Phi) is 6.10. The molecule has 1 rings (SSSR count). The van der Waals surface area contributed by atoms with Gasteiger partial charge in [-0.1, -0.05) is 12.7 Å². The lowest BCUT2D eigenvalue weighted by atomic mass is 10.2. The van der Waals surface area contributed by atoms with Crippen LogP contribution in [0.2, 0.25) is 0 Å². The molecule has 0 aliphatic carbocycles. The second-order valence-corrected chi connectivity index (χ2v) is 3.47. The van der Waals surface area contributed by atoms with Gasteiger partial charge in [-0.25, -0.2) is 9.59 Å². The summed E-state index contributed by atoms with van der Waals surface area (Å²) in [5, 5.41) is 16.3. The Morgan fingerprint density at radius 2 is 1.81 bits per heavy atom. The maximum absolute atomic E-state index is 10.2. The molecule has 0 radical (unpaired) electrons. The topological polar surface area (TPSA) is 87.1 Å². The smallest absolute Gasteiger partial charge is 0.330 e. The van der Waals surface area contributed by atoms with Crippen molar-refractivity contribution in [2.75, 3.05) is 6.61 Å². The molecule has 5 heteroatoms. The Bertz CT molecular complexity index is 300. The van der Waals surface area contributed by atoms with Crippen molar-refractivity contribution >= 4 is 11.9 Å². The van der Waals surface area contributed by atoms with Crippen molar-refractivity contribution in [1.29, 1.82) is 0 Å². The highest BCUT2D eigenvalue weighted by atomic mass is 16.6. The van der Waals surface area contributed by atoms with Crippen LogP contribution in [0.15, 0.2) is 23.8 Å². The van der Waals surface area contributed by atoms with Crippen LogP contribution < -0.4 is 0 Å². The van der Waals surface area contributed by atoms with Crippen molar-refractivity contribution in [3.63, 3.8) is 0 Å². The number of carboxylic acid groups (broad SMARTS) is 2. The van der Waals surface area contributed by atoms with Gasteiger partial charge in [0.15, 0.2) is 0 Å². The van der Waals surface area contributed by atoms with E-state index in [9.17, 15) is 9.59 Å². The van der Waals surface area contributed by atoms with Crippen molar-refractivity contribution < 1.29 is 24.5 Å². The summed E-state index contributed by atoms with van der Waals surface area (Å²) in [4.78, 5) is 19.8. The van der Waals surface area contributed by atoms with Crippen molar-refractivity contribution in [3.05, 3.63) is 23.8 Å². The molecule has 0 saturated carbocycles. The van der Waals surface area contributed by atoms with E-state index in [4.69, 9.17) is 14.9 Å². The molecule has 1 heterocycles. The molecule has 1 saturated heterocycles. The first-order valence-electron chi connectivity index (χ1n) is 4.75. The first-order valence-corrected chi connectivity index (χ1v) is 4.75. The lowest BCUT2D eigenvalue weighted by Gasteiger charge is -1.89. The Hall–Kier alpha value is -1.62. The fourth-order valence-corrected chi connectivity index (χ4v) is 0.600. The molecule has 1 aliphatic heterocycles. The highest BCUT2D eigenvalue weighted by Gasteiger charge is 2.20. The Balaban J connectivity index is 0.000000325. The van der Waals surface area contributed by atoms with Gasteiger partial charge < -0.3 is 14.9 Å². The van der Waals surface area contributed by atoms with Gasteiger partial charge >= 0.3 is 11.9 Å². The minimum absolute atomic E-state index is 0.176. The minimum Gasteiger partial charge on any atom is -0.478 e. The summed E-state index contributed by atoms with van der Waals surface area (Å²) >= 11 is 0. The number of carboxylic acids is 2. The predicted octanol–water partition coefficient (Wildman–Crippen LogP) is 1.45. The largest absolute Gasteiger partial charge is 0.478 e. The highest BCUT2D eigenvalue weighted by molar-refractivity contribution is 5.85. The number of aliphatic carboxylic acids is 2. The predicted molar refractivity (Wildman–Crippen MR) is 58.2 cm³/mol. The van der Waals surface area contributed by atoms with Crippen LogP contribution in [0.25, 0.3) is 0 Å². The van der Waals surface area contributed by atoms with Crippen molar-refractivity contribution in [3.8, 4) is 0 Å². The molecule has 90 valence electrons. The molecule has 0 amide bonds. The van der Waals surface area contributed by atoms with Crippen LogP contribution in [0.4, 0.5) is 0 Å². The molecule has 2 N–H and O–H groups in total. The highest BCUT2D eigenvalue weighted by Crippen LogP contribution is 2.14. The maximum Gasteiger partial charge on any atom is 0.330 e. The Morgan fingerprint density at radius 3 is 2.06 bits per heavy atom. The summed E-state index contributed by atoms with van der Waals surface area (Å²) in [7, 11) is 0. The van der Waals surface area contributed by atoms with E-state index in [2.05, 4.69) is 6.58 Å². The summed E-state index contributed by atoms with van der Waals surface area (Å²) in [5.74, 6) is -1.78. The van der Waals surface area contributed by atoms with E-state index in [1.54, 1.807) is 13.0 Å². The zero-order valence-electron chi connectivity index (χ0n) is 9.40. The fraction of sp³-hybridized carbons (Fsp3) is 0.455. The average Bonchev–Trinajstić information content (AvgIpc) is 2.98. The van der Waals surface area contributed by atoms with E-state index in [-0.39, 0.29) is 11.7 Å². The third kappa shape index (κ3) is 7.75. The Morgan fingerprint density at radius 1 is 1.38 bits per heavy atom. The van der Waals surface area contributed by atoms with Crippen LogP contribution in [0.5, 0.6) is 0 Å². The SMILES string of the molecule is C=C(C)C(=O)O.CC(=CCC1CO1)C(=O)O. The number of epoxide rings is 1. The van der Waals surface area contributed by atoms with Crippen molar-refractivity contribution in [2.45, 2.75) is 26.4 Å². The quantitative estimate of drug-likeness (QED) is 0.561. The molecule has 0 bridgehead atoms. The van der Waals surface area contributed by atoms with E-state index in [1.807, 2.05) is 0 Å². The van der Waals surface area contributed by atoms with Gasteiger partial charge in [0.2, 0.25) is 0 Å². The number of hydrogen-bond acceptors (Lipinski definition) is 3. The minimum atomic E-state index is -0.935. The zero-order valence-corrected chi connectivity index (χ0v) is 9.40. The lowest BCUT2D eigenvalue weighted by molar-refractivity contribution is -0.133. The zero-order chi connectivity index (χ0) is 12.7. The summed E-state index contributed by atoms with van der Waals surface area (Å²) in [5.41, 5.74) is 0.575. The normalized spacial score (nSPS) is 18.1. The van der Waals surface area contributed by atoms with Crippen molar-refractivity contribution in [2.24, 2.45) is 0 Å². The molecule has 1 atom stereocenters. The summed E-state index contributed by atoms with van der Waals surface area (Å²) < 4.78 is 4.90. The third-order valence-corrected chi connectivity index (χ3v) is 1.79. The van der Waals surface area contributed by atoms with Crippen molar-refractivity contribution in [1.82, 2.24) is 0 Å². The second kappa shape index (κ2) is 6.79. The molecule has 1 unspecified atom stereocenters. The van der Waals surface area contributed by atoms with Crippen LogP contribution in [-0.2, 0) is 14.3 Å². The van der Waals surface area contributed by atoms with E-state index < -0.39 is 11.9 Å². The standard InChI is InChI=1S/C7H10O3.C4H6O2/c1-5(7(8)9)2-3-6-4-10-6;1-3(2)4(5)6/h2,6H,3-4H2,1H3,(H,8,9);1H2,2H3,(H,5,6). The van der Waals surface area contributed by atoms with Gasteiger partial charge in [-0.2, -0.15) is 0 Å². The van der Waals surface area contributed by atoms with Gasteiger partial charge in [0.05, 0.1) is 12.7 Å².